The van der Waals surface area contributed by atoms with Gasteiger partial charge in [0.2, 0.25) is 0 Å². The average molecular weight is 191 g/mol. The minimum atomic E-state index is -0.547. The molecule has 72 valence electrons. The van der Waals surface area contributed by atoms with Crippen LogP contribution in [-0.2, 0) is 0 Å². The van der Waals surface area contributed by atoms with Crippen LogP contribution in [0.15, 0.2) is 24.3 Å². The molecule has 1 amide bonds. The Morgan fingerprint density at radius 2 is 2.21 bits per heavy atom. The quantitative estimate of drug-likeness (QED) is 0.706. The lowest BCUT2D eigenvalue weighted by Gasteiger charge is -2.07. The molecule has 0 fully saturated rings. The van der Waals surface area contributed by atoms with Gasteiger partial charge in [-0.2, -0.15) is 0 Å². The molecule has 1 rings (SSSR count). The van der Waals surface area contributed by atoms with E-state index in [-0.39, 0.29) is 5.56 Å². The van der Waals surface area contributed by atoms with Crippen LogP contribution in [0.5, 0.6) is 0 Å². The Morgan fingerprint density at radius 1 is 1.57 bits per heavy atom. The number of hydrogen-bond donors (Lipinski definition) is 1. The number of rotatable bonds is 2. The van der Waals surface area contributed by atoms with E-state index in [9.17, 15) is 9.18 Å². The van der Waals surface area contributed by atoms with Gasteiger partial charge in [-0.3, -0.25) is 4.79 Å². The number of nitrogens with one attached hydrogen (secondary N) is 1. The van der Waals surface area contributed by atoms with Crippen LogP contribution in [0.2, 0.25) is 0 Å². The summed E-state index contributed by atoms with van der Waals surface area (Å²) in [6, 6.07) is 5.36. The van der Waals surface area contributed by atoms with Gasteiger partial charge in [-0.1, -0.05) is 18.1 Å². The Balaban J connectivity index is 2.81. The zero-order valence-electron chi connectivity index (χ0n) is 7.75. The van der Waals surface area contributed by atoms with Gasteiger partial charge in [-0.15, -0.1) is 6.42 Å². The number of benzene rings is 1. The van der Waals surface area contributed by atoms with Gasteiger partial charge in [-0.25, -0.2) is 4.39 Å². The van der Waals surface area contributed by atoms with Crippen molar-refractivity contribution in [1.29, 1.82) is 0 Å². The Morgan fingerprint density at radius 3 is 2.79 bits per heavy atom. The van der Waals surface area contributed by atoms with Gasteiger partial charge >= 0.3 is 0 Å². The van der Waals surface area contributed by atoms with E-state index in [0.717, 1.165) is 0 Å². The zero-order chi connectivity index (χ0) is 10.6. The maximum atomic E-state index is 13.1. The van der Waals surface area contributed by atoms with Gasteiger partial charge < -0.3 is 5.32 Å². The van der Waals surface area contributed by atoms with Crippen LogP contribution in [0, 0.1) is 18.2 Å². The highest BCUT2D eigenvalue weighted by atomic mass is 19.1. The summed E-state index contributed by atoms with van der Waals surface area (Å²) in [4.78, 5) is 11.4. The van der Waals surface area contributed by atoms with Crippen molar-refractivity contribution in [3.8, 4) is 12.3 Å². The lowest BCUT2D eigenvalue weighted by Crippen LogP contribution is -2.31. The van der Waals surface area contributed by atoms with Crippen LogP contribution in [0.4, 0.5) is 4.39 Å². The number of hydrogen-bond acceptors (Lipinski definition) is 1. The summed E-state index contributed by atoms with van der Waals surface area (Å²) < 4.78 is 13.1. The lowest BCUT2D eigenvalue weighted by atomic mass is 10.2. The van der Waals surface area contributed by atoms with Crippen LogP contribution < -0.4 is 5.32 Å². The molecule has 0 radical (unpaired) electrons. The topological polar surface area (TPSA) is 29.1 Å². The molecule has 1 N–H and O–H groups in total. The van der Waals surface area contributed by atoms with E-state index < -0.39 is 17.8 Å². The van der Waals surface area contributed by atoms with Crippen molar-refractivity contribution in [2.45, 2.75) is 13.0 Å². The summed E-state index contributed by atoms with van der Waals surface area (Å²) in [6.45, 7) is 1.65. The molecule has 0 saturated heterocycles. The van der Waals surface area contributed by atoms with E-state index in [2.05, 4.69) is 11.2 Å². The van der Waals surface area contributed by atoms with E-state index in [1.165, 1.54) is 18.2 Å². The van der Waals surface area contributed by atoms with Gasteiger partial charge in [0, 0.05) is 0 Å². The summed E-state index contributed by atoms with van der Waals surface area (Å²) in [5.74, 6) is 1.29. The normalized spacial score (nSPS) is 11.5. The van der Waals surface area contributed by atoms with Gasteiger partial charge in [-0.05, 0) is 19.1 Å². The minimum absolute atomic E-state index is 0.00889. The SMILES string of the molecule is C#CC(C)NC(=O)c1ccccc1F. The molecule has 1 atom stereocenters. The second-order valence-electron chi connectivity index (χ2n) is 2.84. The highest BCUT2D eigenvalue weighted by Crippen LogP contribution is 2.05. The van der Waals surface area contributed by atoms with Gasteiger partial charge in [0.1, 0.15) is 5.82 Å². The fraction of sp³-hybridized carbons (Fsp3) is 0.182. The Bertz CT molecular complexity index is 381. The van der Waals surface area contributed by atoms with Gasteiger partial charge in [0.15, 0.2) is 0 Å². The summed E-state index contributed by atoms with van der Waals surface area (Å²) in [7, 11) is 0. The maximum Gasteiger partial charge on any atom is 0.255 e. The van der Waals surface area contributed by atoms with Crippen molar-refractivity contribution < 1.29 is 9.18 Å². The molecule has 3 heteroatoms. The van der Waals surface area contributed by atoms with E-state index in [0.29, 0.717) is 0 Å². The predicted octanol–water partition coefficient (Wildman–Crippen LogP) is 1.58. The van der Waals surface area contributed by atoms with Crippen molar-refractivity contribution in [3.05, 3.63) is 35.6 Å². The summed E-state index contributed by atoms with van der Waals surface area (Å²) >= 11 is 0. The van der Waals surface area contributed by atoms with Gasteiger partial charge in [0.05, 0.1) is 11.6 Å². The summed E-state index contributed by atoms with van der Waals surface area (Å²) in [6.07, 6.45) is 5.08. The van der Waals surface area contributed by atoms with Crippen molar-refractivity contribution in [2.75, 3.05) is 0 Å². The molecule has 0 aliphatic carbocycles. The van der Waals surface area contributed by atoms with E-state index in [4.69, 9.17) is 6.42 Å². The van der Waals surface area contributed by atoms with Crippen molar-refractivity contribution in [3.63, 3.8) is 0 Å². The highest BCUT2D eigenvalue weighted by molar-refractivity contribution is 5.94. The van der Waals surface area contributed by atoms with Gasteiger partial charge in [0.25, 0.3) is 5.91 Å². The molecule has 0 saturated carbocycles. The van der Waals surface area contributed by atoms with Crippen LogP contribution >= 0.6 is 0 Å². The molecule has 0 aliphatic rings. The number of carbonyl (C=O) groups excluding carboxylic acids is 1. The fourth-order valence-electron chi connectivity index (χ4n) is 0.961. The van der Waals surface area contributed by atoms with E-state index >= 15 is 0 Å². The van der Waals surface area contributed by atoms with E-state index in [1.807, 2.05) is 0 Å². The zero-order valence-corrected chi connectivity index (χ0v) is 7.75. The molecular formula is C11H10FNO. The molecule has 0 heterocycles. The number of amides is 1. The highest BCUT2D eigenvalue weighted by Gasteiger charge is 2.11. The first-order valence-electron chi connectivity index (χ1n) is 4.16. The molecule has 1 aromatic carbocycles. The van der Waals surface area contributed by atoms with Crippen molar-refractivity contribution >= 4 is 5.91 Å². The molecule has 1 unspecified atom stereocenters. The first-order chi connectivity index (χ1) is 6.65. The number of terminal acetylenes is 1. The third-order valence-corrected chi connectivity index (χ3v) is 1.72. The van der Waals surface area contributed by atoms with Crippen molar-refractivity contribution in [1.82, 2.24) is 5.32 Å². The number of carbonyl (C=O) groups is 1. The van der Waals surface area contributed by atoms with Crippen LogP contribution in [-0.4, -0.2) is 11.9 Å². The van der Waals surface area contributed by atoms with E-state index in [1.54, 1.807) is 13.0 Å². The third-order valence-electron chi connectivity index (χ3n) is 1.72. The Labute approximate surface area is 82.1 Å². The second-order valence-corrected chi connectivity index (χ2v) is 2.84. The first kappa shape index (κ1) is 10.3. The molecule has 0 aromatic heterocycles. The molecule has 0 spiro atoms. The van der Waals surface area contributed by atoms with Crippen LogP contribution in [0.25, 0.3) is 0 Å². The predicted molar refractivity (Wildman–Crippen MR) is 52.2 cm³/mol. The fourth-order valence-corrected chi connectivity index (χ4v) is 0.961. The Hall–Kier alpha value is -1.82. The largest absolute Gasteiger partial charge is 0.339 e. The van der Waals surface area contributed by atoms with Crippen LogP contribution in [0.3, 0.4) is 0 Å². The number of halogens is 1. The van der Waals surface area contributed by atoms with Crippen molar-refractivity contribution in [2.24, 2.45) is 0 Å². The molecule has 0 aliphatic heterocycles. The van der Waals surface area contributed by atoms with Crippen LogP contribution in [0.1, 0.15) is 17.3 Å². The standard InChI is InChI=1S/C11H10FNO/c1-3-8(2)13-11(14)9-6-4-5-7-10(9)12/h1,4-8H,2H3,(H,13,14). The molecule has 2 nitrogen and oxygen atoms in total. The molecule has 0 bridgehead atoms. The summed E-state index contributed by atoms with van der Waals surface area (Å²) in [5.41, 5.74) is 0.00889. The summed E-state index contributed by atoms with van der Waals surface area (Å²) in [5, 5.41) is 2.47. The Kier molecular flexibility index (Phi) is 3.24. The lowest BCUT2D eigenvalue weighted by molar-refractivity contribution is 0.0944. The molecule has 14 heavy (non-hydrogen) atoms. The average Bonchev–Trinajstić information content (AvgIpc) is 2.18. The molecular weight excluding hydrogens is 181 g/mol. The third kappa shape index (κ3) is 2.33. The smallest absolute Gasteiger partial charge is 0.255 e. The first-order valence-corrected chi connectivity index (χ1v) is 4.16. The minimum Gasteiger partial charge on any atom is -0.339 e. The monoisotopic (exact) mass is 191 g/mol. The second kappa shape index (κ2) is 4.43. The molecule has 1 aromatic rings. The maximum absolute atomic E-state index is 13.1.